The van der Waals surface area contributed by atoms with E-state index in [-0.39, 0.29) is 23.2 Å². The van der Waals surface area contributed by atoms with Crippen molar-refractivity contribution in [3.63, 3.8) is 0 Å². The zero-order chi connectivity index (χ0) is 15.1. The van der Waals surface area contributed by atoms with E-state index in [0.29, 0.717) is 0 Å². The Morgan fingerprint density at radius 1 is 1.50 bits per heavy atom. The van der Waals surface area contributed by atoms with E-state index in [1.165, 1.54) is 19.2 Å². The number of anilines is 1. The highest BCUT2D eigenvalue weighted by molar-refractivity contribution is 9.10. The molecule has 110 valence electrons. The number of hydrogen-bond donors (Lipinski definition) is 3. The Kier molecular flexibility index (Phi) is 6.40. The Morgan fingerprint density at radius 2 is 2.20 bits per heavy atom. The quantitative estimate of drug-likeness (QED) is 0.735. The monoisotopic (exact) mass is 348 g/mol. The lowest BCUT2D eigenvalue weighted by atomic mass is 10.2. The van der Waals surface area contributed by atoms with Gasteiger partial charge in [-0.1, -0.05) is 0 Å². The van der Waals surface area contributed by atoms with Gasteiger partial charge >= 0.3 is 12.0 Å². The zero-order valence-corrected chi connectivity index (χ0v) is 12.2. The average Bonchev–Trinajstić information content (AvgIpc) is 2.38. The molecule has 20 heavy (non-hydrogen) atoms. The van der Waals surface area contributed by atoms with Crippen molar-refractivity contribution >= 4 is 33.6 Å². The maximum Gasteiger partial charge on any atom is 0.326 e. The third kappa shape index (κ3) is 5.14. The molecule has 0 aliphatic rings. The zero-order valence-electron chi connectivity index (χ0n) is 10.7. The summed E-state index contributed by atoms with van der Waals surface area (Å²) in [5.74, 6) is -1.70. The van der Waals surface area contributed by atoms with Gasteiger partial charge in [0.15, 0.2) is 0 Å². The Hall–Kier alpha value is -1.67. The summed E-state index contributed by atoms with van der Waals surface area (Å²) in [6, 6.07) is 2.24. The maximum absolute atomic E-state index is 13.3. The van der Waals surface area contributed by atoms with Crippen LogP contribution in [0.5, 0.6) is 0 Å². The first-order valence-corrected chi connectivity index (χ1v) is 6.47. The van der Waals surface area contributed by atoms with Gasteiger partial charge in [-0.25, -0.2) is 14.0 Å². The summed E-state index contributed by atoms with van der Waals surface area (Å²) in [4.78, 5) is 22.6. The number of carbonyl (C=O) groups excluding carboxylic acids is 1. The van der Waals surface area contributed by atoms with Crippen LogP contribution in [0.2, 0.25) is 0 Å². The van der Waals surface area contributed by atoms with Gasteiger partial charge < -0.3 is 20.5 Å². The van der Waals surface area contributed by atoms with Crippen LogP contribution in [-0.4, -0.2) is 36.9 Å². The van der Waals surface area contributed by atoms with Crippen LogP contribution >= 0.6 is 15.9 Å². The molecule has 0 saturated heterocycles. The molecule has 1 atom stereocenters. The van der Waals surface area contributed by atoms with Crippen molar-refractivity contribution in [3.05, 3.63) is 28.5 Å². The number of nitrogens with one attached hydrogen (secondary N) is 2. The highest BCUT2D eigenvalue weighted by atomic mass is 79.9. The summed E-state index contributed by atoms with van der Waals surface area (Å²) in [5, 5.41) is 13.6. The van der Waals surface area contributed by atoms with Gasteiger partial charge in [-0.15, -0.1) is 0 Å². The second kappa shape index (κ2) is 7.81. The number of amides is 2. The van der Waals surface area contributed by atoms with Gasteiger partial charge in [0.1, 0.15) is 11.9 Å². The first kappa shape index (κ1) is 16.4. The van der Waals surface area contributed by atoms with E-state index in [4.69, 9.17) is 9.84 Å². The molecule has 1 unspecified atom stereocenters. The molecular weight excluding hydrogens is 335 g/mol. The molecule has 0 aromatic heterocycles. The van der Waals surface area contributed by atoms with Crippen LogP contribution in [0.4, 0.5) is 14.9 Å². The molecule has 0 spiro atoms. The Morgan fingerprint density at radius 3 is 2.75 bits per heavy atom. The molecule has 1 aromatic carbocycles. The molecule has 6 nitrogen and oxygen atoms in total. The predicted molar refractivity (Wildman–Crippen MR) is 74.2 cm³/mol. The van der Waals surface area contributed by atoms with Crippen molar-refractivity contribution in [2.24, 2.45) is 0 Å². The highest BCUT2D eigenvalue weighted by Crippen LogP contribution is 2.19. The number of methoxy groups -OCH3 is 1. The van der Waals surface area contributed by atoms with Crippen molar-refractivity contribution in [3.8, 4) is 0 Å². The molecule has 0 heterocycles. The topological polar surface area (TPSA) is 87.7 Å². The van der Waals surface area contributed by atoms with Gasteiger partial charge in [0, 0.05) is 25.8 Å². The number of urea groups is 1. The van der Waals surface area contributed by atoms with Crippen LogP contribution in [-0.2, 0) is 9.53 Å². The molecule has 0 radical (unpaired) electrons. The Balaban J connectivity index is 2.60. The van der Waals surface area contributed by atoms with Crippen molar-refractivity contribution in [1.82, 2.24) is 5.32 Å². The molecule has 0 fully saturated rings. The van der Waals surface area contributed by atoms with E-state index in [1.54, 1.807) is 0 Å². The second-order valence-electron chi connectivity index (χ2n) is 3.90. The first-order valence-electron chi connectivity index (χ1n) is 5.68. The highest BCUT2D eigenvalue weighted by Gasteiger charge is 2.19. The summed E-state index contributed by atoms with van der Waals surface area (Å²) in [7, 11) is 1.43. The maximum atomic E-state index is 13.3. The van der Waals surface area contributed by atoms with Crippen LogP contribution in [0, 0.1) is 5.82 Å². The van der Waals surface area contributed by atoms with Gasteiger partial charge in [-0.05, 0) is 34.1 Å². The molecular formula is C12H14BrFN2O4. The summed E-state index contributed by atoms with van der Waals surface area (Å²) in [6.07, 6.45) is 0.133. The van der Waals surface area contributed by atoms with E-state index < -0.39 is 23.9 Å². The molecule has 1 rings (SSSR count). The van der Waals surface area contributed by atoms with Crippen LogP contribution in [0.15, 0.2) is 22.7 Å². The Bertz CT molecular complexity index is 498. The minimum atomic E-state index is -1.17. The van der Waals surface area contributed by atoms with Crippen LogP contribution in [0.3, 0.4) is 0 Å². The van der Waals surface area contributed by atoms with Crippen LogP contribution in [0.1, 0.15) is 6.42 Å². The number of carboxylic acid groups (broad SMARTS) is 1. The summed E-state index contributed by atoms with van der Waals surface area (Å²) in [6.45, 7) is 0.199. The minimum absolute atomic E-state index is 0.133. The van der Waals surface area contributed by atoms with Crippen molar-refractivity contribution in [1.29, 1.82) is 0 Å². The number of ether oxygens (including phenoxy) is 1. The van der Waals surface area contributed by atoms with Gasteiger partial charge in [0.25, 0.3) is 0 Å². The number of halogens is 2. The van der Waals surface area contributed by atoms with E-state index >= 15 is 0 Å². The lowest BCUT2D eigenvalue weighted by molar-refractivity contribution is -0.139. The van der Waals surface area contributed by atoms with Gasteiger partial charge in [-0.3, -0.25) is 0 Å². The third-order valence-electron chi connectivity index (χ3n) is 2.39. The lowest BCUT2D eigenvalue weighted by Crippen LogP contribution is -2.43. The average molecular weight is 349 g/mol. The fraction of sp³-hybridized carbons (Fsp3) is 0.333. The summed E-state index contributed by atoms with van der Waals surface area (Å²) in [5.41, 5.74) is 0.221. The van der Waals surface area contributed by atoms with E-state index in [2.05, 4.69) is 26.6 Å². The third-order valence-corrected chi connectivity index (χ3v) is 3.03. The van der Waals surface area contributed by atoms with Crippen LogP contribution < -0.4 is 10.6 Å². The molecule has 1 aromatic rings. The van der Waals surface area contributed by atoms with E-state index in [0.717, 1.165) is 6.07 Å². The van der Waals surface area contributed by atoms with Gasteiger partial charge in [-0.2, -0.15) is 0 Å². The number of carboxylic acids is 1. The van der Waals surface area contributed by atoms with E-state index in [1.807, 2.05) is 0 Å². The minimum Gasteiger partial charge on any atom is -0.480 e. The van der Waals surface area contributed by atoms with Crippen LogP contribution in [0.25, 0.3) is 0 Å². The molecule has 0 aliphatic heterocycles. The Labute approximate surface area is 123 Å². The van der Waals surface area contributed by atoms with Gasteiger partial charge in [0.05, 0.1) is 4.47 Å². The molecule has 3 N–H and O–H groups in total. The number of aliphatic carboxylic acids is 1. The molecule has 2 amide bonds. The molecule has 0 saturated carbocycles. The predicted octanol–water partition coefficient (Wildman–Crippen LogP) is 2.20. The number of benzene rings is 1. The van der Waals surface area contributed by atoms with Gasteiger partial charge in [0.2, 0.25) is 0 Å². The first-order chi connectivity index (χ1) is 9.43. The SMILES string of the molecule is COCCC(NC(=O)Nc1ccc(Br)c(F)c1)C(=O)O. The second-order valence-corrected chi connectivity index (χ2v) is 4.75. The molecule has 0 bridgehead atoms. The number of rotatable bonds is 6. The summed E-state index contributed by atoms with van der Waals surface area (Å²) < 4.78 is 18.3. The summed E-state index contributed by atoms with van der Waals surface area (Å²) >= 11 is 2.99. The lowest BCUT2D eigenvalue weighted by Gasteiger charge is -2.14. The largest absolute Gasteiger partial charge is 0.480 e. The number of carbonyl (C=O) groups is 2. The fourth-order valence-corrected chi connectivity index (χ4v) is 1.64. The standard InChI is InChI=1S/C12H14BrFN2O4/c1-20-5-4-10(11(17)18)16-12(19)15-7-2-3-8(13)9(14)6-7/h2-3,6,10H,4-5H2,1H3,(H,17,18)(H2,15,16,19). The van der Waals surface area contributed by atoms with Crippen molar-refractivity contribution in [2.45, 2.75) is 12.5 Å². The normalized spacial score (nSPS) is 11.8. The molecule has 8 heteroatoms. The van der Waals surface area contributed by atoms with E-state index in [9.17, 15) is 14.0 Å². The van der Waals surface area contributed by atoms with Crippen molar-refractivity contribution < 1.29 is 23.8 Å². The van der Waals surface area contributed by atoms with Crippen molar-refractivity contribution in [2.75, 3.05) is 19.0 Å². The molecule has 0 aliphatic carbocycles. The fourth-order valence-electron chi connectivity index (χ4n) is 1.39. The smallest absolute Gasteiger partial charge is 0.326 e. The number of hydrogen-bond acceptors (Lipinski definition) is 3.